The van der Waals surface area contributed by atoms with Crippen LogP contribution < -0.4 is 0 Å². The molecule has 0 saturated carbocycles. The molecule has 0 amide bonds. The van der Waals surface area contributed by atoms with Crippen LogP contribution in [0.5, 0.6) is 0 Å². The number of allylic oxidation sites excluding steroid dienone is 1. The third-order valence-electron chi connectivity index (χ3n) is 4.57. The van der Waals surface area contributed by atoms with Gasteiger partial charge in [0.2, 0.25) is 0 Å². The van der Waals surface area contributed by atoms with Crippen LogP contribution in [0.15, 0.2) is 102 Å². The Morgan fingerprint density at radius 2 is 1.07 bits per heavy atom. The first-order valence-corrected chi connectivity index (χ1v) is 9.20. The second-order valence-corrected chi connectivity index (χ2v) is 6.62. The van der Waals surface area contributed by atoms with Crippen LogP contribution in [-0.4, -0.2) is 29.9 Å². The van der Waals surface area contributed by atoms with Crippen LogP contribution in [0, 0.1) is 0 Å². The van der Waals surface area contributed by atoms with Crippen molar-refractivity contribution in [3.8, 4) is 0 Å². The van der Waals surface area contributed by atoms with E-state index in [2.05, 4.69) is 24.3 Å². The summed E-state index contributed by atoms with van der Waals surface area (Å²) in [5, 5.41) is 0. The first-order chi connectivity index (χ1) is 13.2. The Bertz CT molecular complexity index is 844. The van der Waals surface area contributed by atoms with Gasteiger partial charge in [-0.1, -0.05) is 96.6 Å². The predicted molar refractivity (Wildman–Crippen MR) is 121 cm³/mol. The number of hydrogen-bond acceptors (Lipinski definition) is 2. The van der Waals surface area contributed by atoms with Gasteiger partial charge in [0.1, 0.15) is 6.61 Å². The molecular weight excluding hydrogens is 451 g/mol. The zero-order valence-electron chi connectivity index (χ0n) is 15.6. The van der Waals surface area contributed by atoms with E-state index in [-0.39, 0.29) is 29.9 Å². The molecule has 0 bridgehead atoms. The monoisotopic (exact) mass is 480 g/mol. The zero-order valence-corrected chi connectivity index (χ0v) is 15.6. The molecule has 28 heavy (non-hydrogen) atoms. The first kappa shape index (κ1) is 22.0. The van der Waals surface area contributed by atoms with E-state index in [0.29, 0.717) is 12.2 Å². The molecule has 3 aromatic carbocycles. The Morgan fingerprint density at radius 3 is 1.50 bits per heavy atom. The van der Waals surface area contributed by atoms with Gasteiger partial charge in [-0.3, -0.25) is 0 Å². The molecule has 3 aromatic rings. The molecule has 0 atom stereocenters. The van der Waals surface area contributed by atoms with Crippen LogP contribution in [0.2, 0.25) is 0 Å². The summed E-state index contributed by atoms with van der Waals surface area (Å²) >= 11 is 0. The number of ether oxygens (including phenoxy) is 1. The van der Waals surface area contributed by atoms with E-state index in [1.807, 2.05) is 73.7 Å². The van der Waals surface area contributed by atoms with Gasteiger partial charge in [-0.2, -0.15) is 0 Å². The van der Waals surface area contributed by atoms with Crippen LogP contribution in [0.1, 0.15) is 23.6 Å². The summed E-state index contributed by atoms with van der Waals surface area (Å²) in [7, 11) is 0. The normalized spacial score (nSPS) is 9.89. The molecule has 0 N–H and O–H groups in total. The summed E-state index contributed by atoms with van der Waals surface area (Å²) in [6, 6.07) is 30.2. The molecule has 0 unspecified atom stereocenters. The van der Waals surface area contributed by atoms with Gasteiger partial charge in [-0.25, -0.2) is 4.79 Å². The van der Waals surface area contributed by atoms with Crippen LogP contribution in [0.4, 0.5) is 0 Å². The molecular formula is C25H28O2Sn. The van der Waals surface area contributed by atoms with Crippen LogP contribution >= 0.6 is 0 Å². The standard InChI is InChI=1S/C25H24O2.Sn.4H/c1-20(25(26)27-19-23-15-9-4-10-16-23)24(17-21-11-5-2-6-12-21)18-22-13-7-3-8-14-22;;;;;/h2-16H,17-19H2,1H3;;;;;. The van der Waals surface area contributed by atoms with Crippen LogP contribution in [-0.2, 0) is 29.0 Å². The summed E-state index contributed by atoms with van der Waals surface area (Å²) in [4.78, 5) is 12.7. The zero-order chi connectivity index (χ0) is 18.9. The quantitative estimate of drug-likeness (QED) is 0.290. The molecule has 0 aromatic heterocycles. The Kier molecular flexibility index (Phi) is 9.02. The van der Waals surface area contributed by atoms with E-state index in [4.69, 9.17) is 4.74 Å². The van der Waals surface area contributed by atoms with Crippen molar-refractivity contribution in [2.75, 3.05) is 0 Å². The van der Waals surface area contributed by atoms with Crippen molar-refractivity contribution in [3.05, 3.63) is 119 Å². The number of carbonyl (C=O) groups is 1. The average Bonchev–Trinajstić information content (AvgIpc) is 2.73. The molecule has 0 spiro atoms. The molecule has 0 heterocycles. The van der Waals surface area contributed by atoms with Crippen molar-refractivity contribution in [1.82, 2.24) is 0 Å². The minimum atomic E-state index is -0.249. The maximum absolute atomic E-state index is 12.7. The molecule has 3 rings (SSSR count). The van der Waals surface area contributed by atoms with Crippen molar-refractivity contribution < 1.29 is 9.53 Å². The van der Waals surface area contributed by atoms with Gasteiger partial charge in [0, 0.05) is 5.57 Å². The van der Waals surface area contributed by atoms with E-state index >= 15 is 0 Å². The van der Waals surface area contributed by atoms with Crippen molar-refractivity contribution >= 4 is 29.9 Å². The number of benzene rings is 3. The summed E-state index contributed by atoms with van der Waals surface area (Å²) < 4.78 is 5.55. The topological polar surface area (TPSA) is 26.3 Å². The van der Waals surface area contributed by atoms with Crippen molar-refractivity contribution in [1.29, 1.82) is 0 Å². The van der Waals surface area contributed by atoms with E-state index in [9.17, 15) is 4.79 Å². The second kappa shape index (κ2) is 11.5. The fourth-order valence-electron chi connectivity index (χ4n) is 2.99. The van der Waals surface area contributed by atoms with Gasteiger partial charge < -0.3 is 4.74 Å². The fourth-order valence-corrected chi connectivity index (χ4v) is 2.99. The van der Waals surface area contributed by atoms with Crippen molar-refractivity contribution in [3.63, 3.8) is 0 Å². The molecule has 0 aliphatic rings. The van der Waals surface area contributed by atoms with Crippen molar-refractivity contribution in [2.24, 2.45) is 0 Å². The van der Waals surface area contributed by atoms with E-state index in [0.717, 1.165) is 24.0 Å². The first-order valence-electron chi connectivity index (χ1n) is 9.20. The van der Waals surface area contributed by atoms with E-state index in [1.165, 1.54) is 11.1 Å². The summed E-state index contributed by atoms with van der Waals surface area (Å²) in [6.45, 7) is 2.16. The summed E-state index contributed by atoms with van der Waals surface area (Å²) in [6.07, 6.45) is 1.48. The maximum atomic E-state index is 12.7. The number of esters is 1. The van der Waals surface area contributed by atoms with Gasteiger partial charge in [-0.15, -0.1) is 0 Å². The molecule has 0 aliphatic heterocycles. The number of carbonyl (C=O) groups excluding carboxylic acids is 1. The van der Waals surface area contributed by atoms with Crippen LogP contribution in [0.25, 0.3) is 0 Å². The second-order valence-electron chi connectivity index (χ2n) is 6.62. The Hall–Kier alpha value is -2.33. The Labute approximate surface area is 184 Å². The van der Waals surface area contributed by atoms with Gasteiger partial charge in [0.15, 0.2) is 0 Å². The number of hydrogen-bond donors (Lipinski definition) is 0. The fraction of sp³-hybridized carbons (Fsp3) is 0.160. The average molecular weight is 479 g/mol. The molecule has 2 nitrogen and oxygen atoms in total. The van der Waals surface area contributed by atoms with E-state index in [1.54, 1.807) is 0 Å². The SMILES string of the molecule is CC(C(=O)OCc1ccccc1)=C(Cc1ccccc1)Cc1ccccc1.[SnH4]. The molecule has 0 radical (unpaired) electrons. The van der Waals surface area contributed by atoms with Gasteiger partial charge in [0.25, 0.3) is 0 Å². The third-order valence-corrected chi connectivity index (χ3v) is 4.57. The molecule has 0 saturated heterocycles. The summed E-state index contributed by atoms with van der Waals surface area (Å²) in [5.41, 5.74) is 5.16. The Morgan fingerprint density at radius 1 is 0.679 bits per heavy atom. The van der Waals surface area contributed by atoms with Crippen LogP contribution in [0.3, 0.4) is 0 Å². The van der Waals surface area contributed by atoms with Gasteiger partial charge in [0.05, 0.1) is 0 Å². The number of rotatable bonds is 7. The minimum absolute atomic E-state index is 0. The van der Waals surface area contributed by atoms with Crippen molar-refractivity contribution in [2.45, 2.75) is 26.4 Å². The molecule has 3 heteroatoms. The van der Waals surface area contributed by atoms with Gasteiger partial charge in [-0.05, 0) is 36.5 Å². The molecule has 0 aliphatic carbocycles. The Balaban J connectivity index is 0.00000280. The van der Waals surface area contributed by atoms with Gasteiger partial charge >= 0.3 is 29.9 Å². The molecule has 144 valence electrons. The third kappa shape index (κ3) is 6.68. The molecule has 0 fully saturated rings. The van der Waals surface area contributed by atoms with E-state index < -0.39 is 0 Å². The summed E-state index contributed by atoms with van der Waals surface area (Å²) in [5.74, 6) is -0.249. The predicted octanol–water partition coefficient (Wildman–Crippen LogP) is 4.08.